The fraction of sp³-hybridized carbons (Fsp3) is 0. The van der Waals surface area contributed by atoms with Gasteiger partial charge in [-0.3, -0.25) is 0 Å². The van der Waals surface area contributed by atoms with Gasteiger partial charge >= 0.3 is 0 Å². The van der Waals surface area contributed by atoms with E-state index < -0.39 is 0 Å². The van der Waals surface area contributed by atoms with Crippen LogP contribution in [0.2, 0.25) is 0 Å². The minimum Gasteiger partial charge on any atom is -0.456 e. The van der Waals surface area contributed by atoms with Gasteiger partial charge in [0.15, 0.2) is 0 Å². The topological polar surface area (TPSA) is 12.5 Å². The van der Waals surface area contributed by atoms with Crippen LogP contribution in [0.1, 0.15) is 0 Å². The molecule has 0 N–H and O–H groups in total. The van der Waals surface area contributed by atoms with Crippen LogP contribution in [0.25, 0.3) is 66.4 Å². The predicted octanol–water partition coefficient (Wildman–Crippen LogP) is 14.8. The Morgan fingerprint density at radius 2 is 0.778 bits per heavy atom. The van der Waals surface area contributed by atoms with Crippen LogP contribution < -0.4 is 9.64 Å². The number of fused-ring (bicyclic) bond motifs is 6. The van der Waals surface area contributed by atoms with Crippen molar-refractivity contribution in [2.75, 3.05) is 4.90 Å². The Bertz CT molecular complexity index is 2670. The molecule has 0 spiro atoms. The molecule has 0 atom stereocenters. The van der Waals surface area contributed by atoms with E-state index in [1.807, 2.05) is 0 Å². The molecule has 0 fully saturated rings. The SMILES string of the molecule is c1ccc(-c2ccc(N(c3ccc(-c4ccccc4)cc3)c3cccc4c3-c3cc(-c5ccccc5)ccc3-c3cc5ccccc5cc3O4)cc2)cc1. The maximum atomic E-state index is 7.03. The summed E-state index contributed by atoms with van der Waals surface area (Å²) in [4.78, 5) is 2.37. The van der Waals surface area contributed by atoms with Crippen molar-refractivity contribution in [1.82, 2.24) is 0 Å². The van der Waals surface area contributed by atoms with E-state index in [1.54, 1.807) is 0 Å². The highest BCUT2D eigenvalue weighted by Gasteiger charge is 2.27. The molecule has 2 heteroatoms. The van der Waals surface area contributed by atoms with Gasteiger partial charge in [-0.2, -0.15) is 0 Å². The van der Waals surface area contributed by atoms with Gasteiger partial charge in [-0.25, -0.2) is 0 Å². The Morgan fingerprint density at radius 3 is 1.35 bits per heavy atom. The number of anilines is 3. The zero-order valence-electron chi connectivity index (χ0n) is 29.6. The first-order chi connectivity index (χ1) is 26.8. The number of ether oxygens (including phenoxy) is 1. The maximum absolute atomic E-state index is 7.03. The zero-order valence-corrected chi connectivity index (χ0v) is 29.6. The lowest BCUT2D eigenvalue weighted by Crippen LogP contribution is -2.11. The van der Waals surface area contributed by atoms with Crippen molar-refractivity contribution in [2.24, 2.45) is 0 Å². The summed E-state index contributed by atoms with van der Waals surface area (Å²) in [5, 5.41) is 2.33. The van der Waals surface area contributed by atoms with E-state index >= 15 is 0 Å². The molecule has 0 aromatic heterocycles. The molecule has 0 unspecified atom stereocenters. The highest BCUT2D eigenvalue weighted by atomic mass is 16.5. The standard InChI is InChI=1S/C52H35NO/c1-4-13-36(14-5-1)39-23-28-44(29-24-39)53(45-30-25-40(26-31-45)37-15-6-2-7-16-37)49-21-12-22-50-52(49)48-34-43(38-17-8-3-9-18-38)27-32-46(48)47-33-41-19-10-11-20-42(41)35-51(47)54-50/h1-35H. The van der Waals surface area contributed by atoms with E-state index in [0.29, 0.717) is 0 Å². The van der Waals surface area contributed by atoms with Crippen LogP contribution in [0.3, 0.4) is 0 Å². The average molecular weight is 690 g/mol. The van der Waals surface area contributed by atoms with E-state index in [9.17, 15) is 0 Å². The second kappa shape index (κ2) is 13.4. The Kier molecular flexibility index (Phi) is 7.85. The molecular weight excluding hydrogens is 655 g/mol. The highest BCUT2D eigenvalue weighted by molar-refractivity contribution is 6.02. The summed E-state index contributed by atoms with van der Waals surface area (Å²) in [6.45, 7) is 0. The molecule has 9 aromatic rings. The largest absolute Gasteiger partial charge is 0.456 e. The van der Waals surface area contributed by atoms with Crippen molar-refractivity contribution in [2.45, 2.75) is 0 Å². The van der Waals surface area contributed by atoms with Gasteiger partial charge in [0.1, 0.15) is 11.5 Å². The molecule has 0 saturated heterocycles. The van der Waals surface area contributed by atoms with Crippen LogP contribution in [0, 0.1) is 0 Å². The summed E-state index contributed by atoms with van der Waals surface area (Å²) in [6.07, 6.45) is 0. The quantitative estimate of drug-likeness (QED) is 0.172. The van der Waals surface area contributed by atoms with Crippen molar-refractivity contribution in [3.05, 3.63) is 212 Å². The summed E-state index contributed by atoms with van der Waals surface area (Å²) < 4.78 is 7.03. The van der Waals surface area contributed by atoms with Crippen molar-refractivity contribution in [3.63, 3.8) is 0 Å². The molecule has 1 heterocycles. The van der Waals surface area contributed by atoms with E-state index in [0.717, 1.165) is 61.8 Å². The number of nitrogens with zero attached hydrogens (tertiary/aromatic N) is 1. The lowest BCUT2D eigenvalue weighted by Gasteiger charge is -2.29. The molecule has 9 aromatic carbocycles. The van der Waals surface area contributed by atoms with E-state index in [2.05, 4.69) is 217 Å². The van der Waals surface area contributed by atoms with E-state index in [-0.39, 0.29) is 0 Å². The first-order valence-corrected chi connectivity index (χ1v) is 18.4. The van der Waals surface area contributed by atoms with Gasteiger partial charge < -0.3 is 9.64 Å². The van der Waals surface area contributed by atoms with Gasteiger partial charge in [-0.05, 0) is 110 Å². The third-order valence-electron chi connectivity index (χ3n) is 10.5. The van der Waals surface area contributed by atoms with Gasteiger partial charge in [0, 0.05) is 22.5 Å². The summed E-state index contributed by atoms with van der Waals surface area (Å²) in [5.41, 5.74) is 14.6. The third-order valence-corrected chi connectivity index (χ3v) is 10.5. The minimum atomic E-state index is 0.819. The Balaban J connectivity index is 1.21. The molecular formula is C52H35NO. The van der Waals surface area contributed by atoms with Crippen LogP contribution >= 0.6 is 0 Å². The fourth-order valence-corrected chi connectivity index (χ4v) is 7.78. The summed E-state index contributed by atoms with van der Waals surface area (Å²) >= 11 is 0. The molecule has 1 aliphatic rings. The lowest BCUT2D eigenvalue weighted by atomic mass is 9.89. The number of rotatable bonds is 6. The van der Waals surface area contributed by atoms with Crippen molar-refractivity contribution >= 4 is 27.8 Å². The van der Waals surface area contributed by atoms with Gasteiger partial charge in [-0.15, -0.1) is 0 Å². The molecule has 10 rings (SSSR count). The number of hydrogen-bond acceptors (Lipinski definition) is 2. The molecule has 254 valence electrons. The third kappa shape index (κ3) is 5.71. The molecule has 2 nitrogen and oxygen atoms in total. The van der Waals surface area contributed by atoms with Crippen LogP contribution in [-0.4, -0.2) is 0 Å². The summed E-state index contributed by atoms with van der Waals surface area (Å²) in [6, 6.07) is 75.8. The number of benzene rings is 9. The van der Waals surface area contributed by atoms with Crippen molar-refractivity contribution in [1.29, 1.82) is 0 Å². The van der Waals surface area contributed by atoms with Gasteiger partial charge in [-0.1, -0.05) is 158 Å². The Hall–Kier alpha value is -7.16. The van der Waals surface area contributed by atoms with E-state index in [4.69, 9.17) is 4.74 Å². The normalized spacial score (nSPS) is 11.5. The average Bonchev–Trinajstić information content (AvgIpc) is 3.38. The van der Waals surface area contributed by atoms with Crippen LogP contribution in [-0.2, 0) is 0 Å². The second-order valence-corrected chi connectivity index (χ2v) is 13.7. The summed E-state index contributed by atoms with van der Waals surface area (Å²) in [7, 11) is 0. The van der Waals surface area contributed by atoms with Crippen LogP contribution in [0.15, 0.2) is 212 Å². The van der Waals surface area contributed by atoms with Crippen LogP contribution in [0.5, 0.6) is 11.5 Å². The first kappa shape index (κ1) is 31.6. The molecule has 0 amide bonds. The van der Waals surface area contributed by atoms with Crippen LogP contribution in [0.4, 0.5) is 17.1 Å². The zero-order chi connectivity index (χ0) is 35.8. The Morgan fingerprint density at radius 1 is 0.296 bits per heavy atom. The van der Waals surface area contributed by atoms with Gasteiger partial charge in [0.25, 0.3) is 0 Å². The molecule has 0 saturated carbocycles. The predicted molar refractivity (Wildman–Crippen MR) is 226 cm³/mol. The number of hydrogen-bond donors (Lipinski definition) is 0. The van der Waals surface area contributed by atoms with Gasteiger partial charge in [0.05, 0.1) is 5.69 Å². The first-order valence-electron chi connectivity index (χ1n) is 18.4. The smallest absolute Gasteiger partial charge is 0.137 e. The second-order valence-electron chi connectivity index (χ2n) is 13.7. The maximum Gasteiger partial charge on any atom is 0.137 e. The molecule has 0 bridgehead atoms. The molecule has 0 aliphatic carbocycles. The van der Waals surface area contributed by atoms with Crippen molar-refractivity contribution in [3.8, 4) is 67.1 Å². The van der Waals surface area contributed by atoms with Gasteiger partial charge in [0.2, 0.25) is 0 Å². The lowest BCUT2D eigenvalue weighted by molar-refractivity contribution is 0.488. The van der Waals surface area contributed by atoms with Crippen molar-refractivity contribution < 1.29 is 4.74 Å². The monoisotopic (exact) mass is 689 g/mol. The fourth-order valence-electron chi connectivity index (χ4n) is 7.78. The highest BCUT2D eigenvalue weighted by Crippen LogP contribution is 2.54. The molecule has 1 aliphatic heterocycles. The summed E-state index contributed by atoms with van der Waals surface area (Å²) in [5.74, 6) is 1.67. The van der Waals surface area contributed by atoms with E-state index in [1.165, 1.54) is 33.2 Å². The minimum absolute atomic E-state index is 0.819. The molecule has 0 radical (unpaired) electrons. The molecule has 54 heavy (non-hydrogen) atoms. The Labute approximate surface area is 315 Å².